The molecule has 0 unspecified atom stereocenters. The number of benzene rings is 2. The van der Waals surface area contributed by atoms with E-state index in [1.165, 1.54) is 43.3 Å². The molecule has 0 radical (unpaired) electrons. The van der Waals surface area contributed by atoms with Gasteiger partial charge in [0.15, 0.2) is 16.7 Å². The van der Waals surface area contributed by atoms with Crippen molar-refractivity contribution in [2.75, 3.05) is 12.3 Å². The Bertz CT molecular complexity index is 1720. The number of halogens is 4. The van der Waals surface area contributed by atoms with Crippen LogP contribution in [0.1, 0.15) is 48.3 Å². The van der Waals surface area contributed by atoms with Crippen molar-refractivity contribution in [3.63, 3.8) is 0 Å². The highest BCUT2D eigenvalue weighted by atomic mass is 32.1. The van der Waals surface area contributed by atoms with Gasteiger partial charge in [0, 0.05) is 23.1 Å². The summed E-state index contributed by atoms with van der Waals surface area (Å²) in [5, 5.41) is 11.5. The summed E-state index contributed by atoms with van der Waals surface area (Å²) in [5.41, 5.74) is 9.24. The molecular weight excluding hydrogens is 580 g/mol. The van der Waals surface area contributed by atoms with Crippen molar-refractivity contribution in [1.29, 1.82) is 0 Å². The number of carbonyl (C=O) groups excluding carboxylic acids is 2. The van der Waals surface area contributed by atoms with E-state index in [0.717, 1.165) is 17.4 Å². The van der Waals surface area contributed by atoms with Gasteiger partial charge in [0.2, 0.25) is 5.91 Å². The van der Waals surface area contributed by atoms with Gasteiger partial charge in [0.1, 0.15) is 40.4 Å². The maximum Gasteiger partial charge on any atom is 0.573 e. The molecule has 4 aromatic rings. The van der Waals surface area contributed by atoms with Gasteiger partial charge in [0.25, 0.3) is 0 Å². The van der Waals surface area contributed by atoms with Gasteiger partial charge in [-0.25, -0.2) is 14.4 Å². The maximum absolute atomic E-state index is 13.6. The molecule has 0 saturated carbocycles. The van der Waals surface area contributed by atoms with E-state index in [4.69, 9.17) is 16.2 Å². The highest BCUT2D eigenvalue weighted by Crippen LogP contribution is 2.46. The molecular formula is C28H24F4N4O5S. The second kappa shape index (κ2) is 10.2. The summed E-state index contributed by atoms with van der Waals surface area (Å²) in [5.74, 6) is -2.15. The molecule has 9 nitrogen and oxygen atoms in total. The number of pyridine rings is 1. The molecule has 2 atom stereocenters. The number of aromatic nitrogens is 2. The quantitative estimate of drug-likeness (QED) is 0.188. The highest BCUT2D eigenvalue weighted by molar-refractivity contribution is 7.22. The first-order valence-corrected chi connectivity index (χ1v) is 13.3. The zero-order valence-electron chi connectivity index (χ0n) is 22.2. The third kappa shape index (κ3) is 5.46. The summed E-state index contributed by atoms with van der Waals surface area (Å²) in [7, 11) is 0. The molecule has 5 N–H and O–H groups in total. The fraction of sp³-hybridized carbons (Fsp3) is 0.286. The average molecular weight is 605 g/mol. The van der Waals surface area contributed by atoms with Crippen LogP contribution in [-0.4, -0.2) is 39.7 Å². The molecule has 3 heterocycles. The van der Waals surface area contributed by atoms with Crippen LogP contribution >= 0.6 is 11.3 Å². The predicted molar refractivity (Wildman–Crippen MR) is 146 cm³/mol. The summed E-state index contributed by atoms with van der Waals surface area (Å²) < 4.78 is 62.8. The Morgan fingerprint density at radius 2 is 1.86 bits per heavy atom. The number of fused-ring (bicyclic) bond motifs is 2. The highest BCUT2D eigenvalue weighted by Gasteiger charge is 2.45. The summed E-state index contributed by atoms with van der Waals surface area (Å²) in [6.07, 6.45) is -5.53. The van der Waals surface area contributed by atoms with E-state index >= 15 is 0 Å². The van der Waals surface area contributed by atoms with Crippen LogP contribution in [0.15, 0.2) is 42.5 Å². The molecule has 220 valence electrons. The van der Waals surface area contributed by atoms with Gasteiger partial charge in [-0.2, -0.15) is 0 Å². The van der Waals surface area contributed by atoms with E-state index in [9.17, 15) is 32.3 Å². The second-order valence-corrected chi connectivity index (χ2v) is 11.4. The van der Waals surface area contributed by atoms with Crippen LogP contribution in [0.3, 0.4) is 0 Å². The minimum atomic E-state index is -5.03. The number of ketones is 1. The van der Waals surface area contributed by atoms with Gasteiger partial charge in [0.05, 0.1) is 10.4 Å². The Hall–Kier alpha value is -4.30. The largest absolute Gasteiger partial charge is 0.573 e. The van der Waals surface area contributed by atoms with Crippen molar-refractivity contribution >= 4 is 38.4 Å². The van der Waals surface area contributed by atoms with E-state index in [1.54, 1.807) is 6.92 Å². The van der Waals surface area contributed by atoms with Gasteiger partial charge in [-0.05, 0) is 62.7 Å². The number of ether oxygens (including phenoxy) is 2. The first-order valence-electron chi connectivity index (χ1n) is 12.5. The summed E-state index contributed by atoms with van der Waals surface area (Å²) in [6, 6.07) is 9.14. The topological polar surface area (TPSA) is 151 Å². The molecule has 1 amide bonds. The minimum Gasteiger partial charge on any atom is -0.489 e. The summed E-state index contributed by atoms with van der Waals surface area (Å²) >= 11 is 0.893. The molecule has 2 aromatic heterocycles. The van der Waals surface area contributed by atoms with Crippen LogP contribution in [0.5, 0.6) is 11.5 Å². The molecule has 5 rings (SSSR count). The van der Waals surface area contributed by atoms with Crippen LogP contribution in [0.25, 0.3) is 21.5 Å². The molecule has 42 heavy (non-hydrogen) atoms. The lowest BCUT2D eigenvalue weighted by molar-refractivity contribution is -0.274. The van der Waals surface area contributed by atoms with Crippen LogP contribution in [-0.2, 0) is 15.8 Å². The lowest BCUT2D eigenvalue weighted by Crippen LogP contribution is -2.40. The molecule has 0 saturated heterocycles. The fourth-order valence-electron chi connectivity index (χ4n) is 4.68. The van der Waals surface area contributed by atoms with Crippen molar-refractivity contribution < 1.29 is 41.7 Å². The van der Waals surface area contributed by atoms with E-state index < -0.39 is 40.6 Å². The van der Waals surface area contributed by atoms with Crippen molar-refractivity contribution in [3.8, 4) is 22.8 Å². The number of thiazole rings is 1. The van der Waals surface area contributed by atoms with Gasteiger partial charge in [-0.15, -0.1) is 13.2 Å². The number of alkyl halides is 3. The normalized spacial score (nSPS) is 17.9. The van der Waals surface area contributed by atoms with Crippen LogP contribution in [0.4, 0.5) is 22.7 Å². The third-order valence-corrected chi connectivity index (χ3v) is 7.98. The first-order chi connectivity index (χ1) is 19.6. The number of nitrogens with zero attached hydrogens (tertiary/aromatic N) is 2. The van der Waals surface area contributed by atoms with Crippen LogP contribution < -0.4 is 20.9 Å². The standard InChI is InChI=1S/C28H24F4N4O5S/c1-26(24(33)38)12-40-23-16(26)11-20(35-21(23)13-3-5-15(29)6-4-13)27(2,39)8-7-17(37)14-9-18(41-28(30,31)32)22-19(10-14)42-25(34)36-22/h3-6,9-11,39H,7-8,12H2,1-2H3,(H2,33,38)(H2,34,36)/t26-,27-/m0/s1. The maximum atomic E-state index is 13.6. The van der Waals surface area contributed by atoms with Crippen LogP contribution in [0.2, 0.25) is 0 Å². The summed E-state index contributed by atoms with van der Waals surface area (Å²) in [6.45, 7) is 2.91. The van der Waals surface area contributed by atoms with Crippen molar-refractivity contribution in [2.45, 2.75) is 44.1 Å². The van der Waals surface area contributed by atoms with E-state index in [1.807, 2.05) is 0 Å². The molecule has 1 aliphatic heterocycles. The molecule has 0 aliphatic carbocycles. The first kappa shape index (κ1) is 29.2. The van der Waals surface area contributed by atoms with Crippen molar-refractivity contribution in [2.24, 2.45) is 5.73 Å². The molecule has 1 aliphatic rings. The number of anilines is 1. The number of rotatable bonds is 8. The fourth-order valence-corrected chi connectivity index (χ4v) is 5.47. The number of aliphatic hydroxyl groups is 1. The number of nitrogen functional groups attached to an aromatic ring is 1. The molecule has 0 bridgehead atoms. The minimum absolute atomic E-state index is 0.00357. The Labute approximate surface area is 240 Å². The van der Waals surface area contributed by atoms with E-state index in [0.29, 0.717) is 11.1 Å². The lowest BCUT2D eigenvalue weighted by atomic mass is 9.81. The molecule has 0 spiro atoms. The zero-order chi connectivity index (χ0) is 30.6. The number of nitrogens with two attached hydrogens (primary N) is 2. The SMILES string of the molecule is C[C@](O)(CCC(=O)c1cc(OC(F)(F)F)c2nc(N)sc2c1)c1cc2c(c(-c3ccc(F)cc3)n1)OC[C@]2(C)C(N)=O. The monoisotopic (exact) mass is 604 g/mol. The predicted octanol–water partition coefficient (Wildman–Crippen LogP) is 4.98. The third-order valence-electron chi connectivity index (χ3n) is 7.15. The molecule has 2 aromatic carbocycles. The number of Topliss-reactive ketones (excluding diaryl/α,β-unsaturated/α-hetero) is 1. The summed E-state index contributed by atoms with van der Waals surface area (Å²) in [4.78, 5) is 34.0. The number of amides is 1. The zero-order valence-corrected chi connectivity index (χ0v) is 23.0. The van der Waals surface area contributed by atoms with Crippen molar-refractivity contribution in [1.82, 2.24) is 9.97 Å². The van der Waals surface area contributed by atoms with Gasteiger partial charge in [-0.3, -0.25) is 9.59 Å². The van der Waals surface area contributed by atoms with Crippen molar-refractivity contribution in [3.05, 3.63) is 65.1 Å². The number of hydrogen-bond donors (Lipinski definition) is 3. The average Bonchev–Trinajstić information content (AvgIpc) is 3.46. The van der Waals surface area contributed by atoms with Gasteiger partial charge >= 0.3 is 6.36 Å². The molecule has 14 heteroatoms. The second-order valence-electron chi connectivity index (χ2n) is 10.3. The van der Waals surface area contributed by atoms with Gasteiger partial charge < -0.3 is 26.0 Å². The van der Waals surface area contributed by atoms with E-state index in [2.05, 4.69) is 14.7 Å². The smallest absolute Gasteiger partial charge is 0.489 e. The Morgan fingerprint density at radius 3 is 2.50 bits per heavy atom. The number of carbonyl (C=O) groups is 2. The van der Waals surface area contributed by atoms with Crippen LogP contribution in [0, 0.1) is 5.82 Å². The lowest BCUT2D eigenvalue weighted by Gasteiger charge is -2.26. The number of hydrogen-bond acceptors (Lipinski definition) is 9. The Morgan fingerprint density at radius 1 is 1.17 bits per heavy atom. The van der Waals surface area contributed by atoms with E-state index in [-0.39, 0.29) is 57.5 Å². The molecule has 0 fully saturated rings. The number of primary amides is 1. The Balaban J connectivity index is 1.49. The van der Waals surface area contributed by atoms with Gasteiger partial charge in [-0.1, -0.05) is 11.3 Å². The Kier molecular flexibility index (Phi) is 7.10.